The first-order chi connectivity index (χ1) is 22.7. The number of allylic oxidation sites excluding steroid dienone is 1. The second-order valence-electron chi connectivity index (χ2n) is 15.0. The maximum absolute atomic E-state index is 12.6. The molecule has 0 N–H and O–H groups in total. The zero-order valence-electron chi connectivity index (χ0n) is 34.0. The summed E-state index contributed by atoms with van der Waals surface area (Å²) in [6.07, 6.45) is 20.8. The zero-order chi connectivity index (χ0) is 37.0. The lowest BCUT2D eigenvalue weighted by Gasteiger charge is -2.19. The predicted octanol–water partition coefficient (Wildman–Crippen LogP) is 15.4. The maximum Gasteiger partial charge on any atom is 0.161 e. The van der Waals surface area contributed by atoms with E-state index in [9.17, 15) is 4.79 Å². The number of aryl methyl sites for hydroxylation is 3. The number of carbonyl (C=O) groups is 1. The number of benzene rings is 1. The van der Waals surface area contributed by atoms with Crippen LogP contribution in [-0.2, 0) is 17.6 Å². The minimum absolute atomic E-state index is 0.0432. The Hall–Kier alpha value is -1.74. The molecular weight excluding hydrogens is 650 g/mol. The first-order valence-corrected chi connectivity index (χ1v) is 20.4. The average Bonchev–Trinajstić information content (AvgIpc) is 3.05. The van der Waals surface area contributed by atoms with E-state index in [-0.39, 0.29) is 11.7 Å². The average molecular weight is 729 g/mol. The van der Waals surface area contributed by atoms with Gasteiger partial charge in [-0.1, -0.05) is 181 Å². The van der Waals surface area contributed by atoms with Gasteiger partial charge in [0.05, 0.1) is 0 Å². The lowest BCUT2D eigenvalue weighted by Crippen LogP contribution is -2.11. The van der Waals surface area contributed by atoms with Gasteiger partial charge in [-0.15, -0.1) is 0 Å². The van der Waals surface area contributed by atoms with Gasteiger partial charge in [0.25, 0.3) is 0 Å². The minimum atomic E-state index is 0.0432. The fourth-order valence-electron chi connectivity index (χ4n) is 4.98. The lowest BCUT2D eigenvalue weighted by molar-refractivity contribution is -0.118. The van der Waals surface area contributed by atoms with Crippen LogP contribution < -0.4 is 0 Å². The first kappa shape index (κ1) is 48.4. The van der Waals surface area contributed by atoms with E-state index in [1.807, 2.05) is 44.2 Å². The Labute approximate surface area is 308 Å². The molecule has 48 heavy (non-hydrogen) atoms. The fourth-order valence-corrected chi connectivity index (χ4v) is 5.28. The molecule has 0 saturated carbocycles. The highest BCUT2D eigenvalue weighted by molar-refractivity contribution is 9.10. The van der Waals surface area contributed by atoms with E-state index in [1.165, 1.54) is 69.0 Å². The van der Waals surface area contributed by atoms with Crippen molar-refractivity contribution in [1.29, 1.82) is 0 Å². The van der Waals surface area contributed by atoms with Gasteiger partial charge < -0.3 is 0 Å². The summed E-state index contributed by atoms with van der Waals surface area (Å²) in [7, 11) is 0. The number of halogens is 1. The second kappa shape index (κ2) is 30.1. The summed E-state index contributed by atoms with van der Waals surface area (Å²) in [4.78, 5) is 17.5. The third-order valence-corrected chi connectivity index (χ3v) is 9.09. The number of aromatic nitrogens is 1. The molecule has 0 bridgehead atoms. The van der Waals surface area contributed by atoms with Gasteiger partial charge in [-0.05, 0) is 91.3 Å². The highest BCUT2D eigenvalue weighted by Crippen LogP contribution is 2.26. The molecule has 1 aromatic heterocycles. The third-order valence-electron chi connectivity index (χ3n) is 8.56. The molecule has 2 rings (SSSR count). The van der Waals surface area contributed by atoms with Crippen LogP contribution in [0.4, 0.5) is 0 Å². The Kier molecular flexibility index (Phi) is 30.3. The van der Waals surface area contributed by atoms with Gasteiger partial charge >= 0.3 is 0 Å². The van der Waals surface area contributed by atoms with Crippen LogP contribution in [0.1, 0.15) is 189 Å². The van der Waals surface area contributed by atoms with Gasteiger partial charge in [-0.3, -0.25) is 9.78 Å². The maximum atomic E-state index is 12.6. The first-order valence-electron chi connectivity index (χ1n) is 19.6. The number of ketones is 1. The molecule has 0 spiro atoms. The highest BCUT2D eigenvalue weighted by atomic mass is 79.9. The normalized spacial score (nSPS) is 11.9. The summed E-state index contributed by atoms with van der Waals surface area (Å²) in [5.74, 6) is 1.27. The van der Waals surface area contributed by atoms with Crippen LogP contribution in [0.25, 0.3) is 6.08 Å². The molecule has 276 valence electrons. The van der Waals surface area contributed by atoms with Crippen LogP contribution in [0.3, 0.4) is 0 Å². The summed E-state index contributed by atoms with van der Waals surface area (Å²) in [5.41, 5.74) is 5.96. The highest BCUT2D eigenvalue weighted by Gasteiger charge is 2.16. The fraction of sp³-hybridized carbons (Fsp3) is 0.689. The summed E-state index contributed by atoms with van der Waals surface area (Å²) >= 11 is 3.31. The van der Waals surface area contributed by atoms with Gasteiger partial charge in [0, 0.05) is 21.8 Å². The Balaban J connectivity index is 0. The molecule has 0 fully saturated rings. The van der Waals surface area contributed by atoms with E-state index in [0.717, 1.165) is 65.7 Å². The molecule has 2 aromatic rings. The van der Waals surface area contributed by atoms with Crippen molar-refractivity contribution >= 4 is 27.8 Å². The molecule has 1 aromatic carbocycles. The molecule has 1 unspecified atom stereocenters. The molecular formula is C45H78BrNO. The van der Waals surface area contributed by atoms with Gasteiger partial charge in [0.2, 0.25) is 0 Å². The van der Waals surface area contributed by atoms with Crippen molar-refractivity contribution in [1.82, 2.24) is 4.98 Å². The summed E-state index contributed by atoms with van der Waals surface area (Å²) in [6.45, 7) is 28.6. The van der Waals surface area contributed by atoms with Crippen molar-refractivity contribution in [2.45, 2.75) is 186 Å². The Bertz CT molecular complexity index is 1080. The molecule has 0 aliphatic rings. The SMILES string of the molecule is Brc1ccccc1.CCCC/C(=C\c1cc(CCC(C)(C)C)c(CC)nc1C)C(=O)C(C)C.CCCCC.CCCCCCC(C)CC. The zero-order valence-corrected chi connectivity index (χ0v) is 35.6. The molecule has 3 heteroatoms. The van der Waals surface area contributed by atoms with Gasteiger partial charge in [0.15, 0.2) is 5.78 Å². The number of rotatable bonds is 17. The molecule has 0 radical (unpaired) electrons. The summed E-state index contributed by atoms with van der Waals surface area (Å²) in [5, 5.41) is 0. The Morgan fingerprint density at radius 1 is 0.833 bits per heavy atom. The van der Waals surface area contributed by atoms with E-state index in [2.05, 4.69) is 104 Å². The van der Waals surface area contributed by atoms with E-state index in [0.29, 0.717) is 5.41 Å². The number of carbonyl (C=O) groups excluding carboxylic acids is 1. The Morgan fingerprint density at radius 2 is 1.42 bits per heavy atom. The van der Waals surface area contributed by atoms with E-state index in [4.69, 9.17) is 4.98 Å². The lowest BCUT2D eigenvalue weighted by atomic mass is 9.87. The number of nitrogens with zero attached hydrogens (tertiary/aromatic N) is 1. The van der Waals surface area contributed by atoms with Crippen LogP contribution in [-0.4, -0.2) is 10.8 Å². The van der Waals surface area contributed by atoms with Crippen molar-refractivity contribution in [2.75, 3.05) is 0 Å². The minimum Gasteiger partial charge on any atom is -0.294 e. The second-order valence-corrected chi connectivity index (χ2v) is 15.9. The van der Waals surface area contributed by atoms with E-state index in [1.54, 1.807) is 0 Å². The van der Waals surface area contributed by atoms with Crippen LogP contribution in [0, 0.1) is 24.2 Å². The smallest absolute Gasteiger partial charge is 0.161 e. The Morgan fingerprint density at radius 3 is 1.83 bits per heavy atom. The van der Waals surface area contributed by atoms with Crippen molar-refractivity contribution in [2.24, 2.45) is 17.3 Å². The van der Waals surface area contributed by atoms with Crippen LogP contribution in [0.5, 0.6) is 0 Å². The topological polar surface area (TPSA) is 30.0 Å². The molecule has 2 nitrogen and oxygen atoms in total. The van der Waals surface area contributed by atoms with E-state index >= 15 is 0 Å². The number of hydrogen-bond acceptors (Lipinski definition) is 2. The largest absolute Gasteiger partial charge is 0.294 e. The number of pyridine rings is 1. The van der Waals surface area contributed by atoms with Crippen LogP contribution in [0.2, 0.25) is 0 Å². The van der Waals surface area contributed by atoms with E-state index < -0.39 is 0 Å². The standard InChI is InChI=1S/C24H39NO.C10H22.C6H5Br.C5H12/c1-9-11-12-20(23(26)17(3)4)16-21-15-19(13-14-24(6,7)8)22(10-2)25-18(21)5;1-4-6-7-8-9-10(3)5-2;7-6-4-2-1-3-5-6;1-3-5-4-2/h15-17H,9-14H2,1-8H3;10H,4-9H2,1-3H3;1-5H;3-5H2,1-2H3/b20-16+;;;. The predicted molar refractivity (Wildman–Crippen MR) is 221 cm³/mol. The molecule has 0 aliphatic carbocycles. The summed E-state index contributed by atoms with van der Waals surface area (Å²) < 4.78 is 1.13. The molecule has 1 atom stereocenters. The molecule has 1 heterocycles. The monoisotopic (exact) mass is 728 g/mol. The molecule has 0 amide bonds. The van der Waals surface area contributed by atoms with Gasteiger partial charge in [-0.2, -0.15) is 0 Å². The van der Waals surface area contributed by atoms with Crippen LogP contribution in [0.15, 0.2) is 46.4 Å². The van der Waals surface area contributed by atoms with Crippen molar-refractivity contribution in [3.05, 3.63) is 69.0 Å². The van der Waals surface area contributed by atoms with Crippen molar-refractivity contribution in [3.63, 3.8) is 0 Å². The van der Waals surface area contributed by atoms with Gasteiger partial charge in [0.1, 0.15) is 0 Å². The quantitative estimate of drug-likeness (QED) is 0.120. The third kappa shape index (κ3) is 26.2. The molecule has 0 aliphatic heterocycles. The number of unbranched alkanes of at least 4 members (excludes halogenated alkanes) is 6. The summed E-state index contributed by atoms with van der Waals surface area (Å²) in [6, 6.07) is 12.3. The van der Waals surface area contributed by atoms with Crippen LogP contribution >= 0.6 is 15.9 Å². The van der Waals surface area contributed by atoms with Crippen molar-refractivity contribution < 1.29 is 4.79 Å². The number of hydrogen-bond donors (Lipinski definition) is 0. The van der Waals surface area contributed by atoms with Crippen molar-refractivity contribution in [3.8, 4) is 0 Å². The van der Waals surface area contributed by atoms with Gasteiger partial charge in [-0.25, -0.2) is 0 Å². The number of Topliss-reactive ketones (excluding diaryl/α,β-unsaturated/α-hetero) is 1. The molecule has 0 saturated heterocycles.